The number of nitrogens with one attached hydrogen (secondary N) is 2. The summed E-state index contributed by atoms with van der Waals surface area (Å²) in [5.41, 5.74) is 7.36. The van der Waals surface area contributed by atoms with Crippen molar-refractivity contribution in [3.8, 4) is 11.1 Å². The molecule has 56 heavy (non-hydrogen) atoms. The van der Waals surface area contributed by atoms with Gasteiger partial charge in [0.25, 0.3) is 0 Å². The molecule has 292 valence electrons. The smallest absolute Gasteiger partial charge is 0.328 e. The summed E-state index contributed by atoms with van der Waals surface area (Å²) in [6.45, 7) is 2.84. The fraction of sp³-hybridized carbons (Fsp3) is 0.304. The molecule has 1 aliphatic heterocycles. The Morgan fingerprint density at radius 3 is 2.14 bits per heavy atom. The molecule has 5 aromatic carbocycles. The van der Waals surface area contributed by atoms with E-state index < -0.39 is 30.4 Å². The van der Waals surface area contributed by atoms with Crippen LogP contribution in [0.15, 0.2) is 133 Å². The van der Waals surface area contributed by atoms with E-state index in [-0.39, 0.29) is 31.4 Å². The highest BCUT2D eigenvalue weighted by Gasteiger charge is 2.34. The number of carbonyl (C=O) groups is 2. The third-order valence-electron chi connectivity index (χ3n) is 10.4. The predicted octanol–water partition coefficient (Wildman–Crippen LogP) is 7.03. The number of aliphatic hydroxyl groups is 2. The Kier molecular flexibility index (Phi) is 14.0. The maximum atomic E-state index is 12.8. The molecule has 0 radical (unpaired) electrons. The first-order valence-corrected chi connectivity index (χ1v) is 19.0. The molecule has 0 spiro atoms. The molecule has 1 fully saturated rings. The molecular formula is C46H51N3O7. The largest absolute Gasteiger partial charge is 0.467 e. The quantitative estimate of drug-likeness (QED) is 0.0839. The number of amides is 2. The van der Waals surface area contributed by atoms with Crippen molar-refractivity contribution >= 4 is 12.0 Å². The van der Waals surface area contributed by atoms with E-state index in [9.17, 15) is 19.8 Å². The van der Waals surface area contributed by atoms with Crippen LogP contribution in [-0.4, -0.2) is 66.0 Å². The van der Waals surface area contributed by atoms with Crippen LogP contribution in [0.5, 0.6) is 0 Å². The third kappa shape index (κ3) is 10.7. The zero-order valence-electron chi connectivity index (χ0n) is 32.1. The number of ether oxygens (including phenoxy) is 3. The summed E-state index contributed by atoms with van der Waals surface area (Å²) >= 11 is 0. The molecule has 2 amide bonds. The van der Waals surface area contributed by atoms with Crippen molar-refractivity contribution < 1.29 is 34.0 Å². The van der Waals surface area contributed by atoms with E-state index in [0.717, 1.165) is 44.5 Å². The first-order chi connectivity index (χ1) is 27.2. The Morgan fingerprint density at radius 2 is 1.46 bits per heavy atom. The Labute approximate surface area is 329 Å². The molecule has 0 aliphatic carbocycles. The monoisotopic (exact) mass is 757 g/mol. The van der Waals surface area contributed by atoms with Crippen LogP contribution in [-0.2, 0) is 38.6 Å². The lowest BCUT2D eigenvalue weighted by atomic mass is 9.98. The molecule has 6 rings (SSSR count). The van der Waals surface area contributed by atoms with E-state index in [1.807, 2.05) is 147 Å². The Hall–Kier alpha value is -5.36. The van der Waals surface area contributed by atoms with Gasteiger partial charge >= 0.3 is 12.0 Å². The molecule has 10 nitrogen and oxygen atoms in total. The minimum atomic E-state index is -0.821. The van der Waals surface area contributed by atoms with E-state index in [4.69, 9.17) is 14.2 Å². The summed E-state index contributed by atoms with van der Waals surface area (Å²) in [6.07, 6.45) is -0.761. The van der Waals surface area contributed by atoms with Gasteiger partial charge in [-0.1, -0.05) is 127 Å². The summed E-state index contributed by atoms with van der Waals surface area (Å²) in [5, 5.41) is 26.3. The third-order valence-corrected chi connectivity index (χ3v) is 10.4. The van der Waals surface area contributed by atoms with E-state index in [2.05, 4.69) is 15.5 Å². The van der Waals surface area contributed by atoms with Gasteiger partial charge in [-0.15, -0.1) is 0 Å². The zero-order chi connectivity index (χ0) is 39.4. The number of benzene rings is 5. The van der Waals surface area contributed by atoms with Crippen LogP contribution in [0, 0.1) is 0 Å². The Bertz CT molecular complexity index is 1990. The van der Waals surface area contributed by atoms with Gasteiger partial charge in [-0.25, -0.2) is 9.59 Å². The van der Waals surface area contributed by atoms with Crippen LogP contribution in [0.1, 0.15) is 65.2 Å². The number of aliphatic hydroxyl groups excluding tert-OH is 2. The minimum Gasteiger partial charge on any atom is -0.467 e. The molecule has 0 saturated carbocycles. The van der Waals surface area contributed by atoms with E-state index >= 15 is 0 Å². The zero-order valence-corrected chi connectivity index (χ0v) is 32.1. The second kappa shape index (κ2) is 19.5. The van der Waals surface area contributed by atoms with Crippen LogP contribution in [0.25, 0.3) is 11.1 Å². The minimum absolute atomic E-state index is 0.0274. The average Bonchev–Trinajstić information content (AvgIpc) is 3.25. The fourth-order valence-corrected chi connectivity index (χ4v) is 6.96. The number of hydrogen-bond acceptors (Lipinski definition) is 8. The number of urea groups is 1. The van der Waals surface area contributed by atoms with Crippen LogP contribution >= 0.6 is 0 Å². The van der Waals surface area contributed by atoms with Gasteiger partial charge in [0.15, 0.2) is 6.29 Å². The highest BCUT2D eigenvalue weighted by molar-refractivity contribution is 5.83. The Morgan fingerprint density at radius 1 is 0.804 bits per heavy atom. The first kappa shape index (κ1) is 40.3. The number of carbonyl (C=O) groups excluding carboxylic acids is 2. The standard InChI is InChI=1S/C46H51N3O7/c1-31(43(51)37-14-8-5-9-15-37)49(2)29-40-27-42(36-19-17-33(30-50)18-20-36)56-45(55-40)38-23-21-35(22-24-38)39-16-10-13-34(25-39)28-47-46(53)48-41(44(52)54-3)26-32-11-6-4-7-12-32/h4-25,31,40-43,45,50-51H,26-30H2,1-3H3,(H2,47,48,53)/t31-,40+,41-,42-,43-,45-/m0/s1. The topological polar surface area (TPSA) is 130 Å². The molecule has 0 unspecified atom stereocenters. The lowest BCUT2D eigenvalue weighted by Crippen LogP contribution is -2.47. The average molecular weight is 758 g/mol. The van der Waals surface area contributed by atoms with Crippen molar-refractivity contribution in [3.63, 3.8) is 0 Å². The van der Waals surface area contributed by atoms with Gasteiger partial charge in [0.2, 0.25) is 0 Å². The molecule has 0 aromatic heterocycles. The van der Waals surface area contributed by atoms with Gasteiger partial charge in [0.05, 0.1) is 32.0 Å². The number of nitrogens with zero attached hydrogens (tertiary/aromatic N) is 1. The fourth-order valence-electron chi connectivity index (χ4n) is 6.96. The van der Waals surface area contributed by atoms with Gasteiger partial charge < -0.3 is 35.1 Å². The van der Waals surface area contributed by atoms with E-state index in [1.165, 1.54) is 7.11 Å². The molecule has 10 heteroatoms. The second-order valence-corrected chi connectivity index (χ2v) is 14.3. The molecule has 0 bridgehead atoms. The SMILES string of the molecule is COC(=O)[C@H](Cc1ccccc1)NC(=O)NCc1cccc(-c2ccc([C@H]3O[C@@H](CN(C)[C@@H](C)[C@H](O)c4ccccc4)C[C@@H](c4ccc(CO)cc4)O3)cc2)c1. The second-order valence-electron chi connectivity index (χ2n) is 14.3. The first-order valence-electron chi connectivity index (χ1n) is 19.0. The summed E-state index contributed by atoms with van der Waals surface area (Å²) in [6, 6.07) is 41.6. The van der Waals surface area contributed by atoms with Crippen molar-refractivity contribution in [3.05, 3.63) is 167 Å². The molecule has 1 heterocycles. The van der Waals surface area contributed by atoms with Gasteiger partial charge in [0, 0.05) is 37.5 Å². The normalized spacial score (nSPS) is 18.4. The van der Waals surface area contributed by atoms with E-state index in [1.54, 1.807) is 0 Å². The number of esters is 1. The van der Waals surface area contributed by atoms with Crippen LogP contribution in [0.3, 0.4) is 0 Å². The summed E-state index contributed by atoms with van der Waals surface area (Å²) in [4.78, 5) is 27.4. The van der Waals surface area contributed by atoms with Crippen molar-refractivity contribution in [1.82, 2.24) is 15.5 Å². The van der Waals surface area contributed by atoms with Crippen LogP contribution in [0.2, 0.25) is 0 Å². The van der Waals surface area contributed by atoms with Crippen molar-refractivity contribution in [2.75, 3.05) is 20.7 Å². The molecule has 4 N–H and O–H groups in total. The summed E-state index contributed by atoms with van der Waals surface area (Å²) in [7, 11) is 3.31. The van der Waals surface area contributed by atoms with Crippen molar-refractivity contribution in [2.45, 2.75) is 69.6 Å². The molecular weight excluding hydrogens is 707 g/mol. The van der Waals surface area contributed by atoms with Crippen molar-refractivity contribution in [2.24, 2.45) is 0 Å². The van der Waals surface area contributed by atoms with E-state index in [0.29, 0.717) is 19.4 Å². The van der Waals surface area contributed by atoms with Crippen LogP contribution in [0.4, 0.5) is 4.79 Å². The summed E-state index contributed by atoms with van der Waals surface area (Å²) < 4.78 is 18.1. The lowest BCUT2D eigenvalue weighted by molar-refractivity contribution is -0.253. The number of rotatable bonds is 15. The van der Waals surface area contributed by atoms with Crippen molar-refractivity contribution in [1.29, 1.82) is 0 Å². The summed E-state index contributed by atoms with van der Waals surface area (Å²) in [5.74, 6) is -0.512. The maximum Gasteiger partial charge on any atom is 0.328 e. The van der Waals surface area contributed by atoms with Gasteiger partial charge in [-0.3, -0.25) is 4.90 Å². The molecule has 1 saturated heterocycles. The molecule has 5 aromatic rings. The molecule has 1 aliphatic rings. The number of likely N-dealkylation sites (N-methyl/N-ethyl adjacent to an activating group) is 1. The Balaban J connectivity index is 1.11. The van der Waals surface area contributed by atoms with Gasteiger partial charge in [-0.2, -0.15) is 0 Å². The lowest BCUT2D eigenvalue weighted by Gasteiger charge is -2.39. The van der Waals surface area contributed by atoms with Gasteiger partial charge in [-0.05, 0) is 59.0 Å². The van der Waals surface area contributed by atoms with Gasteiger partial charge in [0.1, 0.15) is 6.04 Å². The number of hydrogen-bond donors (Lipinski definition) is 4. The predicted molar refractivity (Wildman–Crippen MR) is 215 cm³/mol. The maximum absolute atomic E-state index is 12.8. The molecule has 6 atom stereocenters. The number of methoxy groups -OCH3 is 1. The highest BCUT2D eigenvalue weighted by atomic mass is 16.7. The highest BCUT2D eigenvalue weighted by Crippen LogP contribution is 2.39. The van der Waals surface area contributed by atoms with Crippen LogP contribution < -0.4 is 10.6 Å².